The van der Waals surface area contributed by atoms with Gasteiger partial charge in [0.05, 0.1) is 24.3 Å². The van der Waals surface area contributed by atoms with Gasteiger partial charge in [-0.3, -0.25) is 24.2 Å². The molecule has 5 aliphatic rings. The number of pyridine rings is 1. The zero-order valence-corrected chi connectivity index (χ0v) is 28.6. The quantitative estimate of drug-likeness (QED) is 0.111. The van der Waals surface area contributed by atoms with Crippen LogP contribution in [-0.4, -0.2) is 122 Å². The smallest absolute Gasteiger partial charge is 0.328 e. The summed E-state index contributed by atoms with van der Waals surface area (Å²) in [6, 6.07) is 5.94. The first-order valence-corrected chi connectivity index (χ1v) is 17.2. The van der Waals surface area contributed by atoms with E-state index in [0.717, 1.165) is 64.1 Å². The van der Waals surface area contributed by atoms with Gasteiger partial charge in [-0.05, 0) is 43.2 Å². The summed E-state index contributed by atoms with van der Waals surface area (Å²) in [6.45, 7) is 4.00. The molecule has 2 saturated heterocycles. The molecule has 52 heavy (non-hydrogen) atoms. The number of likely N-dealkylation sites (tertiary alicyclic amines) is 1. The monoisotopic (exact) mass is 724 g/mol. The van der Waals surface area contributed by atoms with Crippen LogP contribution >= 0.6 is 0 Å². The van der Waals surface area contributed by atoms with Crippen LogP contribution in [0.2, 0.25) is 0 Å². The molecule has 3 heterocycles. The second-order valence-electron chi connectivity index (χ2n) is 13.2. The number of hydrogen-bond donors (Lipinski definition) is 4. The Morgan fingerprint density at radius 1 is 0.750 bits per heavy atom. The number of esters is 1. The van der Waals surface area contributed by atoms with Gasteiger partial charge in [-0.15, -0.1) is 0 Å². The Labute approximate surface area is 300 Å². The van der Waals surface area contributed by atoms with Gasteiger partial charge >= 0.3 is 29.8 Å². The average molecular weight is 725 g/mol. The van der Waals surface area contributed by atoms with Crippen LogP contribution in [0.15, 0.2) is 60.9 Å². The molecule has 4 N–H and O–H groups in total. The van der Waals surface area contributed by atoms with E-state index in [9.17, 15) is 33.6 Å². The van der Waals surface area contributed by atoms with Crippen molar-refractivity contribution in [1.29, 1.82) is 0 Å². The molecule has 280 valence electrons. The van der Waals surface area contributed by atoms with Gasteiger partial charge in [0.15, 0.2) is 0 Å². The van der Waals surface area contributed by atoms with Crippen molar-refractivity contribution in [2.45, 2.75) is 44.6 Å². The molecule has 2 aliphatic heterocycles. The van der Waals surface area contributed by atoms with Gasteiger partial charge in [0, 0.05) is 63.2 Å². The number of amides is 2. The number of allylic oxidation sites excluding steroid dienone is 2. The number of carboxylic acid groups (broad SMARTS) is 4. The van der Waals surface area contributed by atoms with E-state index in [-0.39, 0.29) is 53.9 Å². The largest absolute Gasteiger partial charge is 0.478 e. The van der Waals surface area contributed by atoms with Crippen LogP contribution < -0.4 is 4.90 Å². The number of hydrogen-bond acceptors (Lipinski definition) is 11. The lowest BCUT2D eigenvalue weighted by atomic mass is 9.85. The van der Waals surface area contributed by atoms with Gasteiger partial charge in [0.1, 0.15) is 11.9 Å². The van der Waals surface area contributed by atoms with E-state index < -0.39 is 30.0 Å². The number of piperazine rings is 1. The molecule has 2 saturated carbocycles. The van der Waals surface area contributed by atoms with Crippen LogP contribution in [0, 0.1) is 29.6 Å². The first-order valence-electron chi connectivity index (χ1n) is 17.2. The maximum Gasteiger partial charge on any atom is 0.328 e. The maximum absolute atomic E-state index is 13.3. The Morgan fingerprint density at radius 2 is 1.27 bits per heavy atom. The predicted octanol–water partition coefficient (Wildman–Crippen LogP) is 1.93. The van der Waals surface area contributed by atoms with E-state index in [0.29, 0.717) is 30.8 Å². The number of aromatic nitrogens is 1. The molecule has 5 atom stereocenters. The molecule has 3 aliphatic carbocycles. The molecule has 5 unspecified atom stereocenters. The van der Waals surface area contributed by atoms with Gasteiger partial charge < -0.3 is 30.1 Å². The highest BCUT2D eigenvalue weighted by atomic mass is 16.5. The molecule has 16 nitrogen and oxygen atoms in total. The Balaban J connectivity index is 0.000000317. The number of aliphatic carboxylic acids is 4. The molecule has 1 aromatic heterocycles. The van der Waals surface area contributed by atoms with Crippen molar-refractivity contribution < 1.29 is 58.7 Å². The molecule has 0 aromatic carbocycles. The Kier molecular flexibility index (Phi) is 14.2. The summed E-state index contributed by atoms with van der Waals surface area (Å²) in [5.41, 5.74) is 0. The number of nitrogens with zero attached hydrogens (tertiary/aromatic N) is 4. The second kappa shape index (κ2) is 18.7. The Morgan fingerprint density at radius 3 is 1.73 bits per heavy atom. The number of fused-ring (bicyclic) bond motifs is 5. The molecule has 6 rings (SSSR count). The van der Waals surface area contributed by atoms with E-state index in [4.69, 9.17) is 25.2 Å². The normalized spacial score (nSPS) is 24.5. The Bertz CT molecular complexity index is 1470. The third kappa shape index (κ3) is 11.1. The molecule has 2 bridgehead atoms. The van der Waals surface area contributed by atoms with Crippen LogP contribution in [-0.2, 0) is 38.3 Å². The summed E-state index contributed by atoms with van der Waals surface area (Å²) in [5, 5.41) is 31.2. The first-order chi connectivity index (χ1) is 24.8. The number of carbonyl (C=O) groups excluding carboxylic acids is 3. The van der Waals surface area contributed by atoms with E-state index in [2.05, 4.69) is 26.9 Å². The Hall–Kier alpha value is -5.38. The molecule has 2 amide bonds. The molecular formula is C36H44N4O12. The zero-order chi connectivity index (χ0) is 37.8. The fourth-order valence-corrected chi connectivity index (χ4v) is 7.35. The summed E-state index contributed by atoms with van der Waals surface area (Å²) in [6.07, 6.45) is 13.7. The summed E-state index contributed by atoms with van der Waals surface area (Å²) in [7, 11) is 0. The SMILES string of the molecule is O=C(O)/C=C\C(=O)O.O=C(O)/C=C\C(=O)O.O=C(OC(CN1CCN(c2ccccn2)CC1)CN1C(=O)C2C3C=CC(C3)C2C1=O)C1CCCCC1. The average Bonchev–Trinajstić information content (AvgIpc) is 3.82. The number of carbonyl (C=O) groups is 7. The number of carboxylic acids is 4. The van der Waals surface area contributed by atoms with Crippen LogP contribution in [0.3, 0.4) is 0 Å². The summed E-state index contributed by atoms with van der Waals surface area (Å²) in [4.78, 5) is 88.3. The highest BCUT2D eigenvalue weighted by Crippen LogP contribution is 2.52. The van der Waals surface area contributed by atoms with Gasteiger partial charge in [-0.2, -0.15) is 0 Å². The van der Waals surface area contributed by atoms with Crippen molar-refractivity contribution in [3.05, 3.63) is 60.9 Å². The van der Waals surface area contributed by atoms with E-state index in [1.54, 1.807) is 0 Å². The summed E-state index contributed by atoms with van der Waals surface area (Å²) < 4.78 is 6.09. The number of ether oxygens (including phenoxy) is 1. The number of imide groups is 1. The minimum absolute atomic E-state index is 0.0633. The van der Waals surface area contributed by atoms with Gasteiger partial charge in [0.25, 0.3) is 0 Å². The lowest BCUT2D eigenvalue weighted by Crippen LogP contribution is -2.52. The first kappa shape index (κ1) is 39.4. The molecule has 0 spiro atoms. The fraction of sp³-hybridized carbons (Fsp3) is 0.500. The van der Waals surface area contributed by atoms with Crippen molar-refractivity contribution in [2.75, 3.05) is 44.2 Å². The number of anilines is 1. The third-order valence-electron chi connectivity index (χ3n) is 9.71. The predicted molar refractivity (Wildman–Crippen MR) is 183 cm³/mol. The fourth-order valence-electron chi connectivity index (χ4n) is 7.35. The second-order valence-corrected chi connectivity index (χ2v) is 13.2. The standard InChI is InChI=1S/C28H36N4O4.2C4H4O4/c33-26-24-20-9-10-21(16-20)25(24)27(34)32(26)18-22(36-28(35)19-6-2-1-3-7-19)17-30-12-14-31(15-13-30)23-8-4-5-11-29-23;2*5-3(6)1-2-4(7)8/h4-5,8-11,19-22,24-25H,1-3,6-7,12-18H2;2*1-2H,(H,5,6)(H,7,8)/b;2*2-1-. The molecule has 1 aromatic rings. The van der Waals surface area contributed by atoms with Crippen LogP contribution in [0.1, 0.15) is 38.5 Å². The highest BCUT2D eigenvalue weighted by Gasteiger charge is 2.59. The van der Waals surface area contributed by atoms with E-state index in [1.807, 2.05) is 24.4 Å². The third-order valence-corrected chi connectivity index (χ3v) is 9.71. The van der Waals surface area contributed by atoms with Gasteiger partial charge in [-0.25, -0.2) is 24.2 Å². The minimum Gasteiger partial charge on any atom is -0.478 e. The maximum atomic E-state index is 13.3. The molecule has 0 radical (unpaired) electrons. The van der Waals surface area contributed by atoms with Crippen molar-refractivity contribution in [2.24, 2.45) is 29.6 Å². The minimum atomic E-state index is -1.26. The zero-order valence-electron chi connectivity index (χ0n) is 28.6. The van der Waals surface area contributed by atoms with Crippen LogP contribution in [0.25, 0.3) is 0 Å². The molecule has 16 heteroatoms. The van der Waals surface area contributed by atoms with Gasteiger partial charge in [-0.1, -0.05) is 37.5 Å². The summed E-state index contributed by atoms with van der Waals surface area (Å²) in [5.74, 6) is -4.48. The van der Waals surface area contributed by atoms with E-state index in [1.165, 1.54) is 11.3 Å². The highest BCUT2D eigenvalue weighted by molar-refractivity contribution is 6.06. The number of rotatable bonds is 11. The topological polar surface area (TPSA) is 232 Å². The van der Waals surface area contributed by atoms with Crippen LogP contribution in [0.4, 0.5) is 5.82 Å². The molecule has 4 fully saturated rings. The van der Waals surface area contributed by atoms with Crippen molar-refractivity contribution in [1.82, 2.24) is 14.8 Å². The lowest BCUT2D eigenvalue weighted by molar-refractivity contribution is -0.160. The molecular weight excluding hydrogens is 680 g/mol. The van der Waals surface area contributed by atoms with Crippen molar-refractivity contribution in [3.63, 3.8) is 0 Å². The lowest BCUT2D eigenvalue weighted by Gasteiger charge is -2.37. The summed E-state index contributed by atoms with van der Waals surface area (Å²) >= 11 is 0. The van der Waals surface area contributed by atoms with Crippen LogP contribution in [0.5, 0.6) is 0 Å². The van der Waals surface area contributed by atoms with Gasteiger partial charge in [0.2, 0.25) is 11.8 Å². The van der Waals surface area contributed by atoms with Crippen molar-refractivity contribution >= 4 is 47.5 Å². The van der Waals surface area contributed by atoms with Crippen molar-refractivity contribution in [3.8, 4) is 0 Å². The van der Waals surface area contributed by atoms with E-state index >= 15 is 0 Å².